The fourth-order valence-corrected chi connectivity index (χ4v) is 4.55. The molecule has 0 atom stereocenters. The van der Waals surface area contributed by atoms with Crippen molar-refractivity contribution >= 4 is 33.0 Å². The topological polar surface area (TPSA) is 80.5 Å². The first-order valence-electron chi connectivity index (χ1n) is 7.58. The Kier molecular flexibility index (Phi) is 6.59. The Hall–Kier alpha value is -0.690. The van der Waals surface area contributed by atoms with Crippen LogP contribution in [0.3, 0.4) is 0 Å². The summed E-state index contributed by atoms with van der Waals surface area (Å²) in [5.41, 5.74) is 5.10. The van der Waals surface area contributed by atoms with Crippen LogP contribution in [0.2, 0.25) is 0 Å². The molecular weight excluding hydrogens is 308 g/mol. The van der Waals surface area contributed by atoms with Crippen LogP contribution in [0.25, 0.3) is 0 Å². The van der Waals surface area contributed by atoms with Gasteiger partial charge < -0.3 is 10.6 Å². The number of carbonyl (C=O) groups excluding carboxylic acids is 1. The molecule has 0 saturated carbocycles. The lowest BCUT2D eigenvalue weighted by Gasteiger charge is -2.36. The molecule has 21 heavy (non-hydrogen) atoms. The van der Waals surface area contributed by atoms with Crippen LogP contribution in [0.5, 0.6) is 0 Å². The summed E-state index contributed by atoms with van der Waals surface area (Å²) in [5.74, 6) is 0.0961. The summed E-state index contributed by atoms with van der Waals surface area (Å²) >= 11 is 5.20. The molecule has 0 bridgehead atoms. The molecule has 0 aromatic rings. The van der Waals surface area contributed by atoms with E-state index in [1.807, 2.05) is 13.8 Å². The molecule has 0 unspecified atom stereocenters. The number of amides is 1. The van der Waals surface area contributed by atoms with Gasteiger partial charge in [0.2, 0.25) is 5.91 Å². The zero-order valence-corrected chi connectivity index (χ0v) is 14.6. The number of rotatable bonds is 6. The Morgan fingerprint density at radius 3 is 2.24 bits per heavy atom. The van der Waals surface area contributed by atoms with Gasteiger partial charge in [-0.25, -0.2) is 8.42 Å². The minimum absolute atomic E-state index is 0.0321. The first kappa shape index (κ1) is 18.4. The molecule has 0 aliphatic carbocycles. The highest BCUT2D eigenvalue weighted by Gasteiger charge is 2.43. The zero-order chi connectivity index (χ0) is 16.1. The van der Waals surface area contributed by atoms with Crippen LogP contribution >= 0.6 is 12.2 Å². The van der Waals surface area contributed by atoms with Crippen molar-refractivity contribution in [2.75, 3.05) is 24.6 Å². The Balaban J connectivity index is 3.01. The number of hydrogen-bond acceptors (Lipinski definition) is 4. The van der Waals surface area contributed by atoms with Crippen molar-refractivity contribution in [1.82, 2.24) is 4.90 Å². The quantitative estimate of drug-likeness (QED) is 0.745. The van der Waals surface area contributed by atoms with Gasteiger partial charge in [0.15, 0.2) is 9.84 Å². The lowest BCUT2D eigenvalue weighted by atomic mass is 9.77. The minimum Gasteiger partial charge on any atom is -0.392 e. The molecule has 0 radical (unpaired) electrons. The average Bonchev–Trinajstić information content (AvgIpc) is 2.58. The van der Waals surface area contributed by atoms with Crippen molar-refractivity contribution in [3.63, 3.8) is 0 Å². The second-order valence-electron chi connectivity index (χ2n) is 5.74. The number of sulfone groups is 1. The van der Waals surface area contributed by atoms with Gasteiger partial charge in [-0.3, -0.25) is 4.79 Å². The second kappa shape index (κ2) is 7.54. The second-order valence-corrected chi connectivity index (χ2v) is 8.49. The molecule has 5 nitrogen and oxygen atoms in total. The fraction of sp³-hybridized carbons (Fsp3) is 0.857. The number of thiocarbonyl (C=S) groups is 1. The summed E-state index contributed by atoms with van der Waals surface area (Å²) in [4.78, 5) is 14.9. The van der Waals surface area contributed by atoms with Gasteiger partial charge in [0.25, 0.3) is 0 Å². The van der Waals surface area contributed by atoms with Gasteiger partial charge in [-0.05, 0) is 19.3 Å². The van der Waals surface area contributed by atoms with Crippen molar-refractivity contribution in [2.45, 2.75) is 46.0 Å². The maximum absolute atomic E-state index is 13.0. The molecule has 1 amide bonds. The Labute approximate surface area is 133 Å². The van der Waals surface area contributed by atoms with Gasteiger partial charge >= 0.3 is 0 Å². The van der Waals surface area contributed by atoms with Crippen LogP contribution in [0.1, 0.15) is 46.0 Å². The third-order valence-electron chi connectivity index (χ3n) is 4.08. The average molecular weight is 335 g/mol. The molecule has 1 aliphatic heterocycles. The summed E-state index contributed by atoms with van der Waals surface area (Å²) < 4.78 is 23.4. The maximum Gasteiger partial charge on any atom is 0.235 e. The molecule has 122 valence electrons. The van der Waals surface area contributed by atoms with Crippen LogP contribution in [0, 0.1) is 5.41 Å². The van der Waals surface area contributed by atoms with Gasteiger partial charge in [0.05, 0.1) is 21.9 Å². The lowest BCUT2D eigenvalue weighted by Crippen LogP contribution is -2.51. The van der Waals surface area contributed by atoms with E-state index in [4.69, 9.17) is 18.0 Å². The van der Waals surface area contributed by atoms with Crippen LogP contribution in [0.15, 0.2) is 0 Å². The Bertz CT molecular complexity index is 482. The van der Waals surface area contributed by atoms with E-state index in [-0.39, 0.29) is 28.9 Å². The molecule has 0 aromatic carbocycles. The van der Waals surface area contributed by atoms with Gasteiger partial charge in [-0.1, -0.05) is 38.9 Å². The first-order valence-corrected chi connectivity index (χ1v) is 9.81. The minimum atomic E-state index is -3.03. The van der Waals surface area contributed by atoms with Crippen molar-refractivity contribution < 1.29 is 13.2 Å². The highest BCUT2D eigenvalue weighted by Crippen LogP contribution is 2.33. The number of nitrogens with two attached hydrogens (primary N) is 1. The Morgan fingerprint density at radius 2 is 1.76 bits per heavy atom. The predicted molar refractivity (Wildman–Crippen MR) is 88.9 cm³/mol. The largest absolute Gasteiger partial charge is 0.392 e. The molecule has 1 rings (SSSR count). The van der Waals surface area contributed by atoms with E-state index in [9.17, 15) is 13.2 Å². The van der Waals surface area contributed by atoms with Crippen molar-refractivity contribution in [1.29, 1.82) is 0 Å². The molecule has 1 fully saturated rings. The van der Waals surface area contributed by atoms with Crippen LogP contribution in [-0.2, 0) is 14.6 Å². The van der Waals surface area contributed by atoms with Crippen LogP contribution in [-0.4, -0.2) is 48.8 Å². The summed E-state index contributed by atoms with van der Waals surface area (Å²) in [6.45, 7) is 4.72. The standard InChI is InChI=1S/C14H26N2O3S2/c1-3-6-14(7-4-2,12(15)20)13(17)16-8-5-10-21(18,19)11-9-16/h3-11H2,1-2H3,(H2,15,20). The Morgan fingerprint density at radius 1 is 1.19 bits per heavy atom. The van der Waals surface area contributed by atoms with E-state index in [1.165, 1.54) is 0 Å². The third-order valence-corrected chi connectivity index (χ3v) is 6.18. The number of nitrogens with zero attached hydrogens (tertiary/aromatic N) is 1. The lowest BCUT2D eigenvalue weighted by molar-refractivity contribution is -0.138. The summed E-state index contributed by atoms with van der Waals surface area (Å²) in [6.07, 6.45) is 3.36. The van der Waals surface area contributed by atoms with E-state index in [0.717, 1.165) is 12.8 Å². The molecular formula is C14H26N2O3S2. The van der Waals surface area contributed by atoms with Gasteiger partial charge in [0, 0.05) is 13.1 Å². The van der Waals surface area contributed by atoms with E-state index in [1.54, 1.807) is 4.90 Å². The maximum atomic E-state index is 13.0. The first-order chi connectivity index (χ1) is 9.79. The monoisotopic (exact) mass is 334 g/mol. The van der Waals surface area contributed by atoms with Gasteiger partial charge in [-0.2, -0.15) is 0 Å². The fourth-order valence-electron chi connectivity index (χ4n) is 2.99. The normalized spacial score (nSPS) is 19.0. The van der Waals surface area contributed by atoms with Gasteiger partial charge in [0.1, 0.15) is 0 Å². The van der Waals surface area contributed by atoms with Crippen LogP contribution < -0.4 is 5.73 Å². The molecule has 0 aromatic heterocycles. The third kappa shape index (κ3) is 4.39. The molecule has 7 heteroatoms. The van der Waals surface area contributed by atoms with Crippen molar-refractivity contribution in [2.24, 2.45) is 11.1 Å². The van der Waals surface area contributed by atoms with Crippen molar-refractivity contribution in [3.05, 3.63) is 0 Å². The molecule has 1 heterocycles. The number of hydrogen-bond donors (Lipinski definition) is 1. The van der Waals surface area contributed by atoms with E-state index < -0.39 is 15.3 Å². The zero-order valence-electron chi connectivity index (χ0n) is 12.9. The molecule has 1 aliphatic rings. The van der Waals surface area contributed by atoms with Crippen LogP contribution in [0.4, 0.5) is 0 Å². The smallest absolute Gasteiger partial charge is 0.235 e. The van der Waals surface area contributed by atoms with Crippen molar-refractivity contribution in [3.8, 4) is 0 Å². The predicted octanol–water partition coefficient (Wildman–Crippen LogP) is 1.51. The van der Waals surface area contributed by atoms with Gasteiger partial charge in [-0.15, -0.1) is 0 Å². The summed E-state index contributed by atoms with van der Waals surface area (Å²) in [6, 6.07) is 0. The summed E-state index contributed by atoms with van der Waals surface area (Å²) in [5, 5.41) is 0. The molecule has 1 saturated heterocycles. The van der Waals surface area contributed by atoms with E-state index >= 15 is 0 Å². The van der Waals surface area contributed by atoms with E-state index in [2.05, 4.69) is 0 Å². The van der Waals surface area contributed by atoms with E-state index in [0.29, 0.717) is 25.8 Å². The highest BCUT2D eigenvalue weighted by atomic mass is 32.2. The SMILES string of the molecule is CCCC(CCC)(C(=O)N1CCCS(=O)(=O)CC1)C(N)=S. The summed E-state index contributed by atoms with van der Waals surface area (Å²) in [7, 11) is -3.03. The molecule has 0 spiro atoms. The molecule has 2 N–H and O–H groups in total. The number of carbonyl (C=O) groups is 1. The highest BCUT2D eigenvalue weighted by molar-refractivity contribution is 7.91.